The summed E-state index contributed by atoms with van der Waals surface area (Å²) < 4.78 is 0. The van der Waals surface area contributed by atoms with Gasteiger partial charge in [-0.1, -0.05) is 6.07 Å². The SMILES string of the molecule is CN=C(NCCCN1CCN(c2ncccn2)CC1)NCCc1cccs1. The fourth-order valence-corrected chi connectivity index (χ4v) is 3.82. The molecule has 27 heavy (non-hydrogen) atoms. The topological polar surface area (TPSA) is 68.7 Å². The molecule has 0 radical (unpaired) electrons. The van der Waals surface area contributed by atoms with Crippen LogP contribution in [0.2, 0.25) is 0 Å². The maximum atomic E-state index is 4.34. The standard InChI is InChI=1S/C19H29N7S/c1-20-18(22-10-6-17-5-2-16-27-17)21-9-4-11-25-12-14-26(15-13-25)19-23-7-3-8-24-19/h2-3,5,7-8,16H,4,6,9-15H2,1H3,(H2,20,21,22). The molecule has 0 atom stereocenters. The van der Waals surface area contributed by atoms with Gasteiger partial charge >= 0.3 is 0 Å². The van der Waals surface area contributed by atoms with Gasteiger partial charge in [-0.05, 0) is 36.9 Å². The van der Waals surface area contributed by atoms with Crippen LogP contribution in [0.4, 0.5) is 5.95 Å². The quantitative estimate of drug-likeness (QED) is 0.406. The fourth-order valence-electron chi connectivity index (χ4n) is 3.12. The number of hydrogen-bond donors (Lipinski definition) is 2. The lowest BCUT2D eigenvalue weighted by Crippen LogP contribution is -2.47. The number of anilines is 1. The van der Waals surface area contributed by atoms with Crippen molar-refractivity contribution in [3.05, 3.63) is 40.8 Å². The Morgan fingerprint density at radius 2 is 1.89 bits per heavy atom. The lowest BCUT2D eigenvalue weighted by Gasteiger charge is -2.34. The van der Waals surface area contributed by atoms with Gasteiger partial charge in [0.2, 0.25) is 5.95 Å². The Kier molecular flexibility index (Phi) is 7.85. The van der Waals surface area contributed by atoms with Crippen LogP contribution in [0.3, 0.4) is 0 Å². The summed E-state index contributed by atoms with van der Waals surface area (Å²) in [6.07, 6.45) is 5.75. The molecule has 146 valence electrons. The van der Waals surface area contributed by atoms with Gasteiger partial charge in [0.05, 0.1) is 0 Å². The van der Waals surface area contributed by atoms with E-state index in [-0.39, 0.29) is 0 Å². The molecule has 1 fully saturated rings. The van der Waals surface area contributed by atoms with E-state index in [1.165, 1.54) is 4.88 Å². The van der Waals surface area contributed by atoms with Crippen LogP contribution in [-0.2, 0) is 6.42 Å². The molecule has 0 spiro atoms. The van der Waals surface area contributed by atoms with E-state index in [0.717, 1.165) is 70.6 Å². The molecular weight excluding hydrogens is 358 g/mol. The van der Waals surface area contributed by atoms with Crippen molar-refractivity contribution < 1.29 is 0 Å². The number of aromatic nitrogens is 2. The van der Waals surface area contributed by atoms with Crippen LogP contribution in [0.25, 0.3) is 0 Å². The molecule has 0 bridgehead atoms. The van der Waals surface area contributed by atoms with Gasteiger partial charge in [-0.3, -0.25) is 9.89 Å². The molecule has 2 aromatic heterocycles. The van der Waals surface area contributed by atoms with Crippen molar-refractivity contribution >= 4 is 23.2 Å². The van der Waals surface area contributed by atoms with Crippen molar-refractivity contribution in [2.75, 3.05) is 57.8 Å². The highest BCUT2D eigenvalue weighted by molar-refractivity contribution is 7.09. The molecule has 3 rings (SSSR count). The lowest BCUT2D eigenvalue weighted by atomic mass is 10.3. The summed E-state index contributed by atoms with van der Waals surface area (Å²) in [5.41, 5.74) is 0. The van der Waals surface area contributed by atoms with Crippen LogP contribution in [-0.4, -0.2) is 73.7 Å². The second kappa shape index (κ2) is 10.8. The summed E-state index contributed by atoms with van der Waals surface area (Å²) >= 11 is 1.80. The van der Waals surface area contributed by atoms with Crippen molar-refractivity contribution in [3.8, 4) is 0 Å². The van der Waals surface area contributed by atoms with Gasteiger partial charge in [-0.25, -0.2) is 9.97 Å². The van der Waals surface area contributed by atoms with Gasteiger partial charge in [-0.15, -0.1) is 11.3 Å². The van der Waals surface area contributed by atoms with Gasteiger partial charge in [0.15, 0.2) is 5.96 Å². The number of nitrogens with one attached hydrogen (secondary N) is 2. The van der Waals surface area contributed by atoms with Crippen molar-refractivity contribution in [2.24, 2.45) is 4.99 Å². The molecule has 8 heteroatoms. The molecule has 0 saturated carbocycles. The van der Waals surface area contributed by atoms with E-state index < -0.39 is 0 Å². The smallest absolute Gasteiger partial charge is 0.225 e. The Hall–Kier alpha value is -2.19. The molecule has 3 heterocycles. The number of piperazine rings is 1. The summed E-state index contributed by atoms with van der Waals surface area (Å²) in [6.45, 7) is 7.04. The maximum absolute atomic E-state index is 4.34. The Balaban J connectivity index is 1.26. The first-order valence-electron chi connectivity index (χ1n) is 9.56. The predicted molar refractivity (Wildman–Crippen MR) is 113 cm³/mol. The van der Waals surface area contributed by atoms with Gasteiger partial charge in [0.1, 0.15) is 0 Å². The first-order chi connectivity index (χ1) is 13.3. The molecule has 0 aromatic carbocycles. The van der Waals surface area contributed by atoms with E-state index in [9.17, 15) is 0 Å². The minimum atomic E-state index is 0.844. The minimum absolute atomic E-state index is 0.844. The number of guanidine groups is 1. The van der Waals surface area contributed by atoms with E-state index >= 15 is 0 Å². The zero-order chi connectivity index (χ0) is 18.7. The molecule has 1 saturated heterocycles. The third-order valence-corrected chi connectivity index (χ3v) is 5.55. The Morgan fingerprint density at radius 1 is 1.11 bits per heavy atom. The maximum Gasteiger partial charge on any atom is 0.225 e. The average molecular weight is 388 g/mol. The Morgan fingerprint density at radius 3 is 2.59 bits per heavy atom. The molecule has 0 amide bonds. The zero-order valence-electron chi connectivity index (χ0n) is 16.0. The minimum Gasteiger partial charge on any atom is -0.356 e. The van der Waals surface area contributed by atoms with Crippen molar-refractivity contribution in [2.45, 2.75) is 12.8 Å². The molecular formula is C19H29N7S. The van der Waals surface area contributed by atoms with Crippen LogP contribution >= 0.6 is 11.3 Å². The highest BCUT2D eigenvalue weighted by atomic mass is 32.1. The molecule has 7 nitrogen and oxygen atoms in total. The Labute approximate surface area is 165 Å². The number of nitrogens with zero attached hydrogens (tertiary/aromatic N) is 5. The first-order valence-corrected chi connectivity index (χ1v) is 10.4. The number of aliphatic imine (C=N–C) groups is 1. The van der Waals surface area contributed by atoms with Crippen LogP contribution < -0.4 is 15.5 Å². The Bertz CT molecular complexity index is 667. The van der Waals surface area contributed by atoms with Crippen LogP contribution in [0.15, 0.2) is 41.0 Å². The molecule has 0 aliphatic carbocycles. The summed E-state index contributed by atoms with van der Waals surface area (Å²) in [4.78, 5) is 19.1. The fraction of sp³-hybridized carbons (Fsp3) is 0.526. The van der Waals surface area contributed by atoms with E-state index in [1.807, 2.05) is 25.5 Å². The number of rotatable bonds is 8. The van der Waals surface area contributed by atoms with Crippen LogP contribution in [0.1, 0.15) is 11.3 Å². The van der Waals surface area contributed by atoms with Gasteiger partial charge in [0, 0.05) is 63.6 Å². The monoisotopic (exact) mass is 387 g/mol. The third kappa shape index (κ3) is 6.48. The highest BCUT2D eigenvalue weighted by Gasteiger charge is 2.18. The van der Waals surface area contributed by atoms with Crippen molar-refractivity contribution in [3.63, 3.8) is 0 Å². The lowest BCUT2D eigenvalue weighted by molar-refractivity contribution is 0.254. The van der Waals surface area contributed by atoms with E-state index in [4.69, 9.17) is 0 Å². The highest BCUT2D eigenvalue weighted by Crippen LogP contribution is 2.10. The summed E-state index contributed by atoms with van der Waals surface area (Å²) in [7, 11) is 1.82. The summed E-state index contributed by atoms with van der Waals surface area (Å²) in [5, 5.41) is 8.91. The predicted octanol–water partition coefficient (Wildman–Crippen LogP) is 1.46. The van der Waals surface area contributed by atoms with Crippen LogP contribution in [0, 0.1) is 0 Å². The average Bonchev–Trinajstić information content (AvgIpc) is 3.24. The van der Waals surface area contributed by atoms with Gasteiger partial charge < -0.3 is 15.5 Å². The first kappa shape index (κ1) is 19.6. The van der Waals surface area contributed by atoms with Gasteiger partial charge in [-0.2, -0.15) is 0 Å². The third-order valence-electron chi connectivity index (χ3n) is 4.62. The van der Waals surface area contributed by atoms with Gasteiger partial charge in [0.25, 0.3) is 0 Å². The molecule has 1 aliphatic heterocycles. The normalized spacial score (nSPS) is 15.7. The summed E-state index contributed by atoms with van der Waals surface area (Å²) in [6, 6.07) is 6.13. The number of thiophene rings is 1. The van der Waals surface area contributed by atoms with Crippen LogP contribution in [0.5, 0.6) is 0 Å². The second-order valence-corrected chi connectivity index (χ2v) is 7.52. The molecule has 2 aromatic rings. The van der Waals surface area contributed by atoms with E-state index in [0.29, 0.717) is 0 Å². The molecule has 2 N–H and O–H groups in total. The largest absolute Gasteiger partial charge is 0.356 e. The number of hydrogen-bond acceptors (Lipinski definition) is 6. The second-order valence-electron chi connectivity index (χ2n) is 6.49. The molecule has 0 unspecified atom stereocenters. The van der Waals surface area contributed by atoms with Crippen molar-refractivity contribution in [1.82, 2.24) is 25.5 Å². The zero-order valence-corrected chi connectivity index (χ0v) is 16.8. The van der Waals surface area contributed by atoms with Crippen molar-refractivity contribution in [1.29, 1.82) is 0 Å². The van der Waals surface area contributed by atoms with E-state index in [2.05, 4.69) is 52.9 Å². The molecule has 1 aliphatic rings. The summed E-state index contributed by atoms with van der Waals surface area (Å²) in [5.74, 6) is 1.73. The van der Waals surface area contributed by atoms with E-state index in [1.54, 1.807) is 11.3 Å².